The lowest BCUT2D eigenvalue weighted by Crippen LogP contribution is -2.40. The number of nitriles is 1. The van der Waals surface area contributed by atoms with Crippen LogP contribution in [-0.2, 0) is 6.54 Å². The third-order valence-corrected chi connectivity index (χ3v) is 4.40. The number of nitrogens with one attached hydrogen (secondary N) is 1. The number of rotatable bonds is 3. The second kappa shape index (κ2) is 6.02. The summed E-state index contributed by atoms with van der Waals surface area (Å²) in [6.45, 7) is 5.50. The molecular formula is C16H22N2. The molecule has 0 saturated heterocycles. The van der Waals surface area contributed by atoms with Gasteiger partial charge in [0.15, 0.2) is 0 Å². The highest BCUT2D eigenvalue weighted by Gasteiger charge is 2.26. The Morgan fingerprint density at radius 3 is 2.83 bits per heavy atom. The van der Waals surface area contributed by atoms with Crippen LogP contribution in [0, 0.1) is 23.2 Å². The molecule has 2 nitrogen and oxygen atoms in total. The van der Waals surface area contributed by atoms with Gasteiger partial charge in [0.05, 0.1) is 11.6 Å². The summed E-state index contributed by atoms with van der Waals surface area (Å²) in [6, 6.07) is 10.7. The normalized spacial score (nSPS) is 27.7. The van der Waals surface area contributed by atoms with E-state index in [-0.39, 0.29) is 0 Å². The Balaban J connectivity index is 1.97. The molecule has 0 amide bonds. The first kappa shape index (κ1) is 13.1. The molecule has 1 aliphatic rings. The Kier molecular flexibility index (Phi) is 4.38. The zero-order valence-corrected chi connectivity index (χ0v) is 11.3. The minimum absolute atomic E-state index is 0.598. The molecule has 1 saturated carbocycles. The Hall–Kier alpha value is -1.33. The van der Waals surface area contributed by atoms with Crippen LogP contribution in [-0.4, -0.2) is 6.04 Å². The van der Waals surface area contributed by atoms with Gasteiger partial charge in [0.2, 0.25) is 0 Å². The predicted molar refractivity (Wildman–Crippen MR) is 74.0 cm³/mol. The summed E-state index contributed by atoms with van der Waals surface area (Å²) < 4.78 is 0. The minimum atomic E-state index is 0.598. The number of benzene rings is 1. The molecule has 1 aromatic rings. The van der Waals surface area contributed by atoms with Gasteiger partial charge in [-0.1, -0.05) is 44.9 Å². The van der Waals surface area contributed by atoms with Crippen LogP contribution in [0.15, 0.2) is 24.3 Å². The van der Waals surface area contributed by atoms with E-state index in [0.29, 0.717) is 6.04 Å². The van der Waals surface area contributed by atoms with Crippen molar-refractivity contribution in [2.75, 3.05) is 0 Å². The summed E-state index contributed by atoms with van der Waals surface area (Å²) in [4.78, 5) is 0. The summed E-state index contributed by atoms with van der Waals surface area (Å²) in [5, 5.41) is 12.7. The summed E-state index contributed by atoms with van der Waals surface area (Å²) >= 11 is 0. The molecule has 96 valence electrons. The van der Waals surface area contributed by atoms with Crippen molar-refractivity contribution >= 4 is 0 Å². The molecule has 3 unspecified atom stereocenters. The van der Waals surface area contributed by atoms with Crippen LogP contribution in [0.5, 0.6) is 0 Å². The highest BCUT2D eigenvalue weighted by molar-refractivity contribution is 5.37. The molecule has 0 radical (unpaired) electrons. The highest BCUT2D eigenvalue weighted by atomic mass is 14.9. The third-order valence-electron chi connectivity index (χ3n) is 4.40. The molecule has 1 aromatic carbocycles. The lowest BCUT2D eigenvalue weighted by Gasteiger charge is -2.34. The average molecular weight is 242 g/mol. The summed E-state index contributed by atoms with van der Waals surface area (Å²) in [7, 11) is 0. The average Bonchev–Trinajstić information content (AvgIpc) is 2.41. The van der Waals surface area contributed by atoms with Gasteiger partial charge in [0.25, 0.3) is 0 Å². The minimum Gasteiger partial charge on any atom is -0.310 e. The number of hydrogen-bond donors (Lipinski definition) is 1. The van der Waals surface area contributed by atoms with E-state index < -0.39 is 0 Å². The Bertz CT molecular complexity index is 433. The maximum atomic E-state index is 9.07. The fourth-order valence-electron chi connectivity index (χ4n) is 2.89. The summed E-state index contributed by atoms with van der Waals surface area (Å²) in [5.41, 5.74) is 1.91. The van der Waals surface area contributed by atoms with Gasteiger partial charge >= 0.3 is 0 Å². The molecule has 18 heavy (non-hydrogen) atoms. The summed E-state index contributed by atoms with van der Waals surface area (Å²) in [6.07, 6.45) is 3.94. The van der Waals surface area contributed by atoms with E-state index in [1.54, 1.807) is 0 Å². The fourth-order valence-corrected chi connectivity index (χ4v) is 2.89. The molecule has 0 aliphatic heterocycles. The fraction of sp³-hybridized carbons (Fsp3) is 0.562. The van der Waals surface area contributed by atoms with E-state index in [4.69, 9.17) is 5.26 Å². The van der Waals surface area contributed by atoms with Gasteiger partial charge in [-0.25, -0.2) is 0 Å². The second-order valence-electron chi connectivity index (χ2n) is 5.52. The van der Waals surface area contributed by atoms with Gasteiger partial charge in [-0.05, 0) is 29.9 Å². The first-order valence-electron chi connectivity index (χ1n) is 6.93. The van der Waals surface area contributed by atoms with E-state index in [1.165, 1.54) is 19.3 Å². The van der Waals surface area contributed by atoms with Gasteiger partial charge < -0.3 is 5.32 Å². The molecule has 0 spiro atoms. The predicted octanol–water partition coefficient (Wildman–Crippen LogP) is 3.47. The van der Waals surface area contributed by atoms with E-state index in [9.17, 15) is 0 Å². The van der Waals surface area contributed by atoms with Crippen molar-refractivity contribution in [2.24, 2.45) is 11.8 Å². The molecule has 2 rings (SSSR count). The molecule has 0 heterocycles. The molecule has 0 aromatic heterocycles. The first-order valence-corrected chi connectivity index (χ1v) is 6.93. The SMILES string of the molecule is CC1CCCC(NCc2ccccc2C#N)C1C. The molecule has 0 bridgehead atoms. The van der Waals surface area contributed by atoms with E-state index in [1.807, 2.05) is 24.3 Å². The van der Waals surface area contributed by atoms with Crippen LogP contribution in [0.2, 0.25) is 0 Å². The van der Waals surface area contributed by atoms with Crippen LogP contribution in [0.25, 0.3) is 0 Å². The maximum Gasteiger partial charge on any atom is 0.0995 e. The van der Waals surface area contributed by atoms with Gasteiger partial charge in [-0.3, -0.25) is 0 Å². The highest BCUT2D eigenvalue weighted by Crippen LogP contribution is 2.29. The van der Waals surface area contributed by atoms with Crippen LogP contribution in [0.3, 0.4) is 0 Å². The largest absolute Gasteiger partial charge is 0.310 e. The Labute approximate surface area is 110 Å². The molecule has 1 fully saturated rings. The van der Waals surface area contributed by atoms with Crippen LogP contribution in [0.4, 0.5) is 0 Å². The zero-order valence-electron chi connectivity index (χ0n) is 11.3. The quantitative estimate of drug-likeness (QED) is 0.881. The van der Waals surface area contributed by atoms with Crippen LogP contribution >= 0.6 is 0 Å². The van der Waals surface area contributed by atoms with Gasteiger partial charge in [-0.15, -0.1) is 0 Å². The van der Waals surface area contributed by atoms with Crippen molar-refractivity contribution < 1.29 is 0 Å². The number of nitrogens with zero attached hydrogens (tertiary/aromatic N) is 1. The van der Waals surface area contributed by atoms with Crippen LogP contribution in [0.1, 0.15) is 44.2 Å². The van der Waals surface area contributed by atoms with Crippen molar-refractivity contribution in [3.05, 3.63) is 35.4 Å². The van der Waals surface area contributed by atoms with Gasteiger partial charge in [0.1, 0.15) is 0 Å². The zero-order chi connectivity index (χ0) is 13.0. The van der Waals surface area contributed by atoms with Crippen molar-refractivity contribution in [3.63, 3.8) is 0 Å². The molecular weight excluding hydrogens is 220 g/mol. The first-order chi connectivity index (χ1) is 8.72. The van der Waals surface area contributed by atoms with Crippen molar-refractivity contribution in [2.45, 2.75) is 45.7 Å². The molecule has 2 heteroatoms. The summed E-state index contributed by atoms with van der Waals surface area (Å²) in [5.74, 6) is 1.54. The molecule has 1 N–H and O–H groups in total. The van der Waals surface area contributed by atoms with E-state index in [0.717, 1.165) is 29.5 Å². The Morgan fingerprint density at radius 1 is 1.28 bits per heavy atom. The monoisotopic (exact) mass is 242 g/mol. The number of hydrogen-bond acceptors (Lipinski definition) is 2. The molecule has 1 aliphatic carbocycles. The smallest absolute Gasteiger partial charge is 0.0995 e. The van der Waals surface area contributed by atoms with Crippen molar-refractivity contribution in [1.29, 1.82) is 5.26 Å². The van der Waals surface area contributed by atoms with Gasteiger partial charge in [0, 0.05) is 12.6 Å². The van der Waals surface area contributed by atoms with Crippen molar-refractivity contribution in [1.82, 2.24) is 5.32 Å². The maximum absolute atomic E-state index is 9.07. The van der Waals surface area contributed by atoms with Crippen molar-refractivity contribution in [3.8, 4) is 6.07 Å². The second-order valence-corrected chi connectivity index (χ2v) is 5.52. The Morgan fingerprint density at radius 2 is 2.06 bits per heavy atom. The van der Waals surface area contributed by atoms with Crippen LogP contribution < -0.4 is 5.32 Å². The van der Waals surface area contributed by atoms with Gasteiger partial charge in [-0.2, -0.15) is 5.26 Å². The lowest BCUT2D eigenvalue weighted by molar-refractivity contribution is 0.206. The standard InChI is InChI=1S/C16H22N2/c1-12-6-5-9-16(13(12)2)18-11-15-8-4-3-7-14(15)10-17/h3-4,7-8,12-13,16,18H,5-6,9,11H2,1-2H3. The topological polar surface area (TPSA) is 35.8 Å². The van der Waals surface area contributed by atoms with E-state index in [2.05, 4.69) is 25.2 Å². The molecule has 3 atom stereocenters. The third kappa shape index (κ3) is 2.91. The lowest BCUT2D eigenvalue weighted by atomic mass is 9.78. The van der Waals surface area contributed by atoms with E-state index >= 15 is 0 Å².